The van der Waals surface area contributed by atoms with Crippen LogP contribution in [-0.4, -0.2) is 41.8 Å². The monoisotopic (exact) mass is 250 g/mol. The van der Waals surface area contributed by atoms with Gasteiger partial charge in [-0.25, -0.2) is 4.79 Å². The number of ether oxygens (including phenoxy) is 1. The Morgan fingerprint density at radius 2 is 2.39 bits per heavy atom. The van der Waals surface area contributed by atoms with Gasteiger partial charge in [-0.1, -0.05) is 12.1 Å². The lowest BCUT2D eigenvalue weighted by atomic mass is 10.0. The molecule has 1 aromatic carbocycles. The van der Waals surface area contributed by atoms with Crippen LogP contribution in [0, 0.1) is 0 Å². The van der Waals surface area contributed by atoms with E-state index >= 15 is 0 Å². The normalized spacial score (nSPS) is 20.8. The summed E-state index contributed by atoms with van der Waals surface area (Å²) >= 11 is 0. The summed E-state index contributed by atoms with van der Waals surface area (Å²) in [5, 5.41) is 9.22. The minimum atomic E-state index is -0.969. The third-order valence-electron chi connectivity index (χ3n) is 3.28. The zero-order valence-electron chi connectivity index (χ0n) is 10.4. The quantitative estimate of drug-likeness (QED) is 0.788. The fraction of sp³-hybridized carbons (Fsp3) is 0.462. The van der Waals surface area contributed by atoms with Crippen LogP contribution in [0.15, 0.2) is 18.2 Å². The molecule has 3 N–H and O–H groups in total. The zero-order chi connectivity index (χ0) is 13.1. The van der Waals surface area contributed by atoms with E-state index < -0.39 is 5.97 Å². The van der Waals surface area contributed by atoms with E-state index in [4.69, 9.17) is 10.5 Å². The highest BCUT2D eigenvalue weighted by molar-refractivity contribution is 5.95. The Kier molecular flexibility index (Phi) is 3.84. The number of hydrogen-bond acceptors (Lipinski definition) is 4. The number of carboxylic acids is 1. The summed E-state index contributed by atoms with van der Waals surface area (Å²) in [6.45, 7) is 4.86. The highest BCUT2D eigenvalue weighted by Crippen LogP contribution is 2.20. The fourth-order valence-electron chi connectivity index (χ4n) is 2.23. The molecule has 1 aliphatic rings. The minimum Gasteiger partial charge on any atom is -0.478 e. The first-order valence-corrected chi connectivity index (χ1v) is 6.02. The maximum atomic E-state index is 11.2. The molecular formula is C13H18N2O3. The van der Waals surface area contributed by atoms with E-state index in [-0.39, 0.29) is 5.56 Å². The lowest BCUT2D eigenvalue weighted by Gasteiger charge is -2.33. The number of carbonyl (C=O) groups is 1. The van der Waals surface area contributed by atoms with Crippen molar-refractivity contribution in [2.24, 2.45) is 0 Å². The molecular weight excluding hydrogens is 232 g/mol. The molecule has 1 heterocycles. The second-order valence-electron chi connectivity index (χ2n) is 4.58. The van der Waals surface area contributed by atoms with Gasteiger partial charge < -0.3 is 15.6 Å². The summed E-state index contributed by atoms with van der Waals surface area (Å²) < 4.78 is 5.37. The van der Waals surface area contributed by atoms with Crippen LogP contribution in [0.3, 0.4) is 0 Å². The number of hydrogen-bond donors (Lipinski definition) is 2. The van der Waals surface area contributed by atoms with Gasteiger partial charge in [-0.05, 0) is 18.6 Å². The first-order chi connectivity index (χ1) is 8.59. The molecule has 0 saturated carbocycles. The molecule has 5 nitrogen and oxygen atoms in total. The van der Waals surface area contributed by atoms with Crippen molar-refractivity contribution in [1.82, 2.24) is 4.90 Å². The molecule has 0 amide bonds. The van der Waals surface area contributed by atoms with Gasteiger partial charge in [0.2, 0.25) is 0 Å². The van der Waals surface area contributed by atoms with Gasteiger partial charge in [0.05, 0.1) is 18.8 Å². The van der Waals surface area contributed by atoms with Crippen LogP contribution in [0.25, 0.3) is 0 Å². The molecule has 1 fully saturated rings. The zero-order valence-corrected chi connectivity index (χ0v) is 10.4. The van der Waals surface area contributed by atoms with Gasteiger partial charge in [0.1, 0.15) is 0 Å². The molecule has 1 aliphatic heterocycles. The molecule has 0 spiro atoms. The van der Waals surface area contributed by atoms with E-state index in [0.29, 0.717) is 31.5 Å². The molecule has 1 aromatic rings. The van der Waals surface area contributed by atoms with Gasteiger partial charge in [0.15, 0.2) is 0 Å². The summed E-state index contributed by atoms with van der Waals surface area (Å²) in [5.41, 5.74) is 7.04. The molecule has 2 rings (SSSR count). The van der Waals surface area contributed by atoms with Crippen LogP contribution >= 0.6 is 0 Å². The van der Waals surface area contributed by atoms with E-state index in [9.17, 15) is 9.90 Å². The molecule has 18 heavy (non-hydrogen) atoms. The minimum absolute atomic E-state index is 0.219. The van der Waals surface area contributed by atoms with Crippen molar-refractivity contribution >= 4 is 11.7 Å². The molecule has 5 heteroatoms. The third-order valence-corrected chi connectivity index (χ3v) is 3.28. The SMILES string of the molecule is CC1COCCN1Cc1cccc(N)c1C(=O)O. The molecule has 1 saturated heterocycles. The fourth-order valence-corrected chi connectivity index (χ4v) is 2.23. The largest absolute Gasteiger partial charge is 0.478 e. The smallest absolute Gasteiger partial charge is 0.338 e. The van der Waals surface area contributed by atoms with Gasteiger partial charge in [-0.15, -0.1) is 0 Å². The molecule has 0 radical (unpaired) electrons. The van der Waals surface area contributed by atoms with Gasteiger partial charge in [-0.3, -0.25) is 4.90 Å². The summed E-state index contributed by atoms with van der Waals surface area (Å²) in [6.07, 6.45) is 0. The average Bonchev–Trinajstić information content (AvgIpc) is 2.31. The standard InChI is InChI=1S/C13H18N2O3/c1-9-8-18-6-5-15(9)7-10-3-2-4-11(14)12(10)13(16)17/h2-4,9H,5-8,14H2,1H3,(H,16,17). The number of nitrogen functional groups attached to an aromatic ring is 1. The van der Waals surface area contributed by atoms with Crippen LogP contribution in [0.5, 0.6) is 0 Å². The Morgan fingerprint density at radius 3 is 3.06 bits per heavy atom. The molecule has 0 bridgehead atoms. The molecule has 98 valence electrons. The van der Waals surface area contributed by atoms with E-state index in [1.54, 1.807) is 12.1 Å². The molecule has 1 atom stereocenters. The number of anilines is 1. The lowest BCUT2D eigenvalue weighted by Crippen LogP contribution is -2.43. The highest BCUT2D eigenvalue weighted by atomic mass is 16.5. The van der Waals surface area contributed by atoms with Crippen molar-refractivity contribution in [3.8, 4) is 0 Å². The van der Waals surface area contributed by atoms with Crippen LogP contribution in [0.2, 0.25) is 0 Å². The van der Waals surface area contributed by atoms with Crippen LogP contribution in [0.1, 0.15) is 22.8 Å². The number of aromatic carboxylic acids is 1. The first-order valence-electron chi connectivity index (χ1n) is 6.02. The van der Waals surface area contributed by atoms with Gasteiger partial charge in [-0.2, -0.15) is 0 Å². The van der Waals surface area contributed by atoms with Gasteiger partial charge in [0.25, 0.3) is 0 Å². The number of morpholine rings is 1. The Morgan fingerprint density at radius 1 is 1.61 bits per heavy atom. The van der Waals surface area contributed by atoms with Crippen LogP contribution in [-0.2, 0) is 11.3 Å². The summed E-state index contributed by atoms with van der Waals surface area (Å²) in [5.74, 6) is -0.969. The highest BCUT2D eigenvalue weighted by Gasteiger charge is 2.21. The summed E-state index contributed by atoms with van der Waals surface area (Å²) in [4.78, 5) is 13.5. The number of benzene rings is 1. The van der Waals surface area contributed by atoms with Gasteiger partial charge in [0, 0.05) is 24.8 Å². The van der Waals surface area contributed by atoms with Crippen molar-refractivity contribution in [1.29, 1.82) is 0 Å². The Bertz CT molecular complexity index is 448. The van der Waals surface area contributed by atoms with Crippen LogP contribution in [0.4, 0.5) is 5.69 Å². The number of rotatable bonds is 3. The molecule has 0 aromatic heterocycles. The van der Waals surface area contributed by atoms with E-state index in [0.717, 1.165) is 12.1 Å². The van der Waals surface area contributed by atoms with Crippen molar-refractivity contribution in [2.75, 3.05) is 25.5 Å². The number of nitrogens with two attached hydrogens (primary N) is 1. The number of nitrogens with zero attached hydrogens (tertiary/aromatic N) is 1. The molecule has 1 unspecified atom stereocenters. The topological polar surface area (TPSA) is 75.8 Å². The van der Waals surface area contributed by atoms with Crippen molar-refractivity contribution < 1.29 is 14.6 Å². The van der Waals surface area contributed by atoms with E-state index in [2.05, 4.69) is 11.8 Å². The van der Waals surface area contributed by atoms with E-state index in [1.165, 1.54) is 0 Å². The molecule has 0 aliphatic carbocycles. The van der Waals surface area contributed by atoms with Crippen molar-refractivity contribution in [2.45, 2.75) is 19.5 Å². The second-order valence-corrected chi connectivity index (χ2v) is 4.58. The van der Waals surface area contributed by atoms with Crippen LogP contribution < -0.4 is 5.73 Å². The van der Waals surface area contributed by atoms with Gasteiger partial charge >= 0.3 is 5.97 Å². The maximum Gasteiger partial charge on any atom is 0.338 e. The summed E-state index contributed by atoms with van der Waals surface area (Å²) in [6, 6.07) is 5.53. The Balaban J connectivity index is 2.23. The second kappa shape index (κ2) is 5.37. The number of carboxylic acid groups (broad SMARTS) is 1. The van der Waals surface area contributed by atoms with E-state index in [1.807, 2.05) is 6.07 Å². The third kappa shape index (κ3) is 2.63. The predicted molar refractivity (Wildman–Crippen MR) is 68.5 cm³/mol. The van der Waals surface area contributed by atoms with Crippen molar-refractivity contribution in [3.05, 3.63) is 29.3 Å². The maximum absolute atomic E-state index is 11.2. The first kappa shape index (κ1) is 12.9. The lowest BCUT2D eigenvalue weighted by molar-refractivity contribution is -0.00450. The predicted octanol–water partition coefficient (Wildman–Crippen LogP) is 1.19. The Labute approximate surface area is 106 Å². The summed E-state index contributed by atoms with van der Waals surface area (Å²) in [7, 11) is 0. The Hall–Kier alpha value is -1.59. The van der Waals surface area contributed by atoms with Crippen molar-refractivity contribution in [3.63, 3.8) is 0 Å². The average molecular weight is 250 g/mol.